The third-order valence-electron chi connectivity index (χ3n) is 1.58. The van der Waals surface area contributed by atoms with Crippen molar-refractivity contribution in [3.05, 3.63) is 21.5 Å². The van der Waals surface area contributed by atoms with Crippen molar-refractivity contribution < 1.29 is 5.11 Å². The average molecular weight is 266 g/mol. The van der Waals surface area contributed by atoms with Crippen molar-refractivity contribution in [2.75, 3.05) is 13.7 Å². The van der Waals surface area contributed by atoms with Crippen LogP contribution in [0.2, 0.25) is 0 Å². The molecule has 0 spiro atoms. The summed E-state index contributed by atoms with van der Waals surface area (Å²) in [6.07, 6.45) is 1.91. The number of H-pyrrole nitrogens is 1. The van der Waals surface area contributed by atoms with Gasteiger partial charge in [-0.05, 0) is 35.7 Å². The molecule has 0 saturated carbocycles. The van der Waals surface area contributed by atoms with Crippen LogP contribution >= 0.6 is 22.6 Å². The molecule has 0 aliphatic heterocycles. The lowest BCUT2D eigenvalue weighted by Gasteiger charge is -2.09. The minimum Gasteiger partial charge on any atom is -0.394 e. The van der Waals surface area contributed by atoms with Gasteiger partial charge in [-0.15, -0.1) is 0 Å². The number of hydrogen-bond acceptors (Lipinski definition) is 2. The second-order valence-electron chi connectivity index (χ2n) is 2.30. The highest BCUT2D eigenvalue weighted by atomic mass is 127. The third kappa shape index (κ3) is 2.18. The lowest BCUT2D eigenvalue weighted by atomic mass is 10.2. The van der Waals surface area contributed by atoms with E-state index in [2.05, 4.69) is 32.9 Å². The van der Waals surface area contributed by atoms with Crippen LogP contribution < -0.4 is 5.32 Å². The molecule has 0 bridgehead atoms. The molecule has 1 aromatic rings. The van der Waals surface area contributed by atoms with Crippen LogP contribution in [0.25, 0.3) is 0 Å². The predicted molar refractivity (Wildman–Crippen MR) is 52.4 cm³/mol. The van der Waals surface area contributed by atoms with Gasteiger partial charge in [0, 0.05) is 15.5 Å². The number of halogens is 1. The Morgan fingerprint density at radius 2 is 2.55 bits per heavy atom. The highest BCUT2D eigenvalue weighted by Crippen LogP contribution is 2.13. The Morgan fingerprint density at radius 3 is 2.91 bits per heavy atom. The van der Waals surface area contributed by atoms with Crippen LogP contribution in [0.1, 0.15) is 11.7 Å². The molecule has 1 unspecified atom stereocenters. The van der Waals surface area contributed by atoms with Gasteiger partial charge in [0.1, 0.15) is 0 Å². The molecule has 0 aliphatic carbocycles. The molecule has 4 heteroatoms. The van der Waals surface area contributed by atoms with Gasteiger partial charge in [0.05, 0.1) is 12.6 Å². The minimum atomic E-state index is 0.0264. The highest BCUT2D eigenvalue weighted by molar-refractivity contribution is 14.1. The summed E-state index contributed by atoms with van der Waals surface area (Å²) in [6.45, 7) is 0.118. The Balaban J connectivity index is 2.73. The van der Waals surface area contributed by atoms with Gasteiger partial charge >= 0.3 is 0 Å². The number of rotatable bonds is 3. The van der Waals surface area contributed by atoms with E-state index in [1.807, 2.05) is 19.3 Å². The fraction of sp³-hybridized carbons (Fsp3) is 0.429. The molecule has 0 saturated heterocycles. The summed E-state index contributed by atoms with van der Waals surface area (Å²) < 4.78 is 1.16. The molecule has 0 radical (unpaired) electrons. The van der Waals surface area contributed by atoms with Gasteiger partial charge in [-0.1, -0.05) is 0 Å². The van der Waals surface area contributed by atoms with Gasteiger partial charge in [0.15, 0.2) is 0 Å². The highest BCUT2D eigenvalue weighted by Gasteiger charge is 2.08. The Hall–Kier alpha value is -0.0700. The molecule has 11 heavy (non-hydrogen) atoms. The molecule has 3 N–H and O–H groups in total. The zero-order valence-corrected chi connectivity index (χ0v) is 8.42. The van der Waals surface area contributed by atoms with Crippen LogP contribution in [0.3, 0.4) is 0 Å². The van der Waals surface area contributed by atoms with Crippen molar-refractivity contribution >= 4 is 22.6 Å². The Kier molecular flexibility index (Phi) is 3.35. The molecule has 0 amide bonds. The number of likely N-dealkylation sites (N-methyl/N-ethyl adjacent to an activating group) is 1. The summed E-state index contributed by atoms with van der Waals surface area (Å²) in [6, 6.07) is 2.04. The van der Waals surface area contributed by atoms with E-state index in [4.69, 9.17) is 5.11 Å². The second-order valence-corrected chi connectivity index (χ2v) is 3.54. The predicted octanol–water partition coefficient (Wildman–Crippen LogP) is 0.872. The van der Waals surface area contributed by atoms with Gasteiger partial charge in [-0.3, -0.25) is 0 Å². The van der Waals surface area contributed by atoms with Gasteiger partial charge in [0.2, 0.25) is 0 Å². The molecule has 0 aromatic carbocycles. The quantitative estimate of drug-likeness (QED) is 0.711. The van der Waals surface area contributed by atoms with Crippen molar-refractivity contribution in [2.45, 2.75) is 6.04 Å². The summed E-state index contributed by atoms with van der Waals surface area (Å²) in [5, 5.41) is 11.9. The minimum absolute atomic E-state index is 0.0264. The van der Waals surface area contributed by atoms with Crippen molar-refractivity contribution in [3.8, 4) is 0 Å². The van der Waals surface area contributed by atoms with E-state index in [1.165, 1.54) is 0 Å². The van der Waals surface area contributed by atoms with Crippen molar-refractivity contribution in [2.24, 2.45) is 0 Å². The molecule has 1 heterocycles. The molecule has 1 atom stereocenters. The van der Waals surface area contributed by atoms with Crippen LogP contribution in [-0.4, -0.2) is 23.7 Å². The number of nitrogens with one attached hydrogen (secondary N) is 2. The summed E-state index contributed by atoms with van der Waals surface area (Å²) in [5.41, 5.74) is 1.03. The van der Waals surface area contributed by atoms with Crippen LogP contribution in [0.15, 0.2) is 12.3 Å². The number of aliphatic hydroxyl groups excluding tert-OH is 1. The van der Waals surface area contributed by atoms with Crippen molar-refractivity contribution in [3.63, 3.8) is 0 Å². The standard InChI is InChI=1S/C7H11IN2O/c1-9-7(4-11)6-2-5(8)3-10-6/h2-3,7,9-11H,4H2,1H3. The monoisotopic (exact) mass is 266 g/mol. The number of aromatic amines is 1. The maximum atomic E-state index is 8.90. The molecule has 1 aromatic heterocycles. The molecule has 1 rings (SSSR count). The zero-order chi connectivity index (χ0) is 8.27. The number of aromatic nitrogens is 1. The summed E-state index contributed by atoms with van der Waals surface area (Å²) in [7, 11) is 1.83. The SMILES string of the molecule is CNC(CO)c1cc(I)c[nH]1. The maximum Gasteiger partial charge on any atom is 0.0705 e. The van der Waals surface area contributed by atoms with Gasteiger partial charge in [0.25, 0.3) is 0 Å². The average Bonchev–Trinajstić information content (AvgIpc) is 2.39. The lowest BCUT2D eigenvalue weighted by Crippen LogP contribution is -2.20. The largest absolute Gasteiger partial charge is 0.394 e. The Bertz CT molecular complexity index is 220. The second kappa shape index (κ2) is 4.08. The molecular weight excluding hydrogens is 255 g/mol. The van der Waals surface area contributed by atoms with Crippen molar-refractivity contribution in [1.82, 2.24) is 10.3 Å². The fourth-order valence-corrected chi connectivity index (χ4v) is 1.42. The van der Waals surface area contributed by atoms with E-state index >= 15 is 0 Å². The fourth-order valence-electron chi connectivity index (χ4n) is 0.930. The molecule has 0 fully saturated rings. The topological polar surface area (TPSA) is 48.0 Å². The number of aliphatic hydroxyl groups is 1. The first kappa shape index (κ1) is 9.02. The lowest BCUT2D eigenvalue weighted by molar-refractivity contribution is 0.249. The van der Waals surface area contributed by atoms with Gasteiger partial charge in [-0.2, -0.15) is 0 Å². The summed E-state index contributed by atoms with van der Waals surface area (Å²) >= 11 is 2.23. The molecule has 62 valence electrons. The van der Waals surface area contributed by atoms with E-state index in [0.717, 1.165) is 9.26 Å². The van der Waals surface area contributed by atoms with Crippen LogP contribution in [0.5, 0.6) is 0 Å². The van der Waals surface area contributed by atoms with Gasteiger partial charge < -0.3 is 15.4 Å². The van der Waals surface area contributed by atoms with E-state index in [9.17, 15) is 0 Å². The number of hydrogen-bond donors (Lipinski definition) is 3. The normalized spacial score (nSPS) is 13.4. The first-order valence-corrected chi connectivity index (χ1v) is 4.47. The first-order valence-electron chi connectivity index (χ1n) is 3.40. The first-order chi connectivity index (χ1) is 5.27. The molecular formula is C7H11IN2O. The Labute approximate surface area is 79.3 Å². The Morgan fingerprint density at radius 1 is 1.82 bits per heavy atom. The van der Waals surface area contributed by atoms with Crippen molar-refractivity contribution in [1.29, 1.82) is 0 Å². The van der Waals surface area contributed by atoms with E-state index < -0.39 is 0 Å². The van der Waals surface area contributed by atoms with E-state index in [1.54, 1.807) is 0 Å². The molecule has 3 nitrogen and oxygen atoms in total. The zero-order valence-electron chi connectivity index (χ0n) is 6.26. The summed E-state index contributed by atoms with van der Waals surface area (Å²) in [5.74, 6) is 0. The van der Waals surface area contributed by atoms with Crippen LogP contribution in [0.4, 0.5) is 0 Å². The van der Waals surface area contributed by atoms with Crippen LogP contribution in [-0.2, 0) is 0 Å². The van der Waals surface area contributed by atoms with Gasteiger partial charge in [-0.25, -0.2) is 0 Å². The smallest absolute Gasteiger partial charge is 0.0705 e. The van der Waals surface area contributed by atoms with Crippen LogP contribution in [0, 0.1) is 3.57 Å². The van der Waals surface area contributed by atoms with E-state index in [0.29, 0.717) is 0 Å². The third-order valence-corrected chi connectivity index (χ3v) is 2.20. The summed E-state index contributed by atoms with van der Waals surface area (Å²) in [4.78, 5) is 3.08. The van der Waals surface area contributed by atoms with E-state index in [-0.39, 0.29) is 12.6 Å². The maximum absolute atomic E-state index is 8.90. The molecule has 0 aliphatic rings.